The molecule has 1 aromatic heterocycles. The fourth-order valence-electron chi connectivity index (χ4n) is 2.71. The Hall–Kier alpha value is -3.58. The van der Waals surface area contributed by atoms with E-state index in [4.69, 9.17) is 11.5 Å². The van der Waals surface area contributed by atoms with Gasteiger partial charge < -0.3 is 16.8 Å². The zero-order valence-corrected chi connectivity index (χ0v) is 15.5. The van der Waals surface area contributed by atoms with Crippen molar-refractivity contribution in [1.82, 2.24) is 15.3 Å². The minimum atomic E-state index is -0.693. The largest absolute Gasteiger partial charge is 0.364 e. The number of rotatable bonds is 6. The number of aromatic nitrogens is 2. The summed E-state index contributed by atoms with van der Waals surface area (Å²) in [7, 11) is 0. The maximum atomic E-state index is 12.5. The second kappa shape index (κ2) is 8.41. The highest BCUT2D eigenvalue weighted by Crippen LogP contribution is 2.19. The summed E-state index contributed by atoms with van der Waals surface area (Å²) in [5.74, 6) is -0.897. The van der Waals surface area contributed by atoms with Gasteiger partial charge in [-0.1, -0.05) is 42.0 Å². The Morgan fingerprint density at radius 2 is 1.86 bits per heavy atom. The molecule has 0 spiro atoms. The standard InChI is InChI=1S/C21H21N5O2/c1-13-5-7-14(8-6-13)11-25-21(28)16-4-2-3-15(9-16)18-12-24-17(10-22)19(26-18)20(23)27/h2-9,12H,10-11,22H2,1H3,(H2,23,27)(H,25,28). The number of carbonyl (C=O) groups is 2. The summed E-state index contributed by atoms with van der Waals surface area (Å²) >= 11 is 0. The third-order valence-corrected chi connectivity index (χ3v) is 4.27. The number of nitrogens with two attached hydrogens (primary N) is 2. The molecule has 5 N–H and O–H groups in total. The monoisotopic (exact) mass is 375 g/mol. The van der Waals surface area contributed by atoms with Gasteiger partial charge in [-0.15, -0.1) is 0 Å². The van der Waals surface area contributed by atoms with Gasteiger partial charge in [-0.2, -0.15) is 0 Å². The van der Waals surface area contributed by atoms with Crippen LogP contribution in [0, 0.1) is 6.92 Å². The fraction of sp³-hybridized carbons (Fsp3) is 0.143. The summed E-state index contributed by atoms with van der Waals surface area (Å²) in [4.78, 5) is 32.5. The van der Waals surface area contributed by atoms with Crippen molar-refractivity contribution in [3.05, 3.63) is 82.8 Å². The van der Waals surface area contributed by atoms with Crippen LogP contribution in [0.15, 0.2) is 54.7 Å². The average Bonchev–Trinajstić information content (AvgIpc) is 2.72. The fourth-order valence-corrected chi connectivity index (χ4v) is 2.71. The second-order valence-corrected chi connectivity index (χ2v) is 6.37. The summed E-state index contributed by atoms with van der Waals surface area (Å²) in [6.07, 6.45) is 1.51. The third-order valence-electron chi connectivity index (χ3n) is 4.27. The third kappa shape index (κ3) is 4.39. The Kier molecular flexibility index (Phi) is 5.76. The molecule has 0 aliphatic heterocycles. The number of hydrogen-bond donors (Lipinski definition) is 3. The van der Waals surface area contributed by atoms with Crippen molar-refractivity contribution in [3.63, 3.8) is 0 Å². The molecule has 0 saturated heterocycles. The van der Waals surface area contributed by atoms with Crippen LogP contribution in [0.3, 0.4) is 0 Å². The van der Waals surface area contributed by atoms with Crippen LogP contribution in [0.4, 0.5) is 0 Å². The summed E-state index contributed by atoms with van der Waals surface area (Å²) in [5, 5.41) is 2.90. The first-order valence-corrected chi connectivity index (χ1v) is 8.78. The SMILES string of the molecule is Cc1ccc(CNC(=O)c2cccc(-c3cnc(CN)c(C(N)=O)n3)c2)cc1. The summed E-state index contributed by atoms with van der Waals surface area (Å²) in [5.41, 5.74) is 15.1. The molecule has 0 bridgehead atoms. The Balaban J connectivity index is 1.80. The van der Waals surface area contributed by atoms with Crippen LogP contribution in [0.25, 0.3) is 11.3 Å². The second-order valence-electron chi connectivity index (χ2n) is 6.37. The smallest absolute Gasteiger partial charge is 0.269 e. The molecule has 0 fully saturated rings. The van der Waals surface area contributed by atoms with E-state index in [1.165, 1.54) is 11.8 Å². The van der Waals surface area contributed by atoms with Crippen LogP contribution in [0.2, 0.25) is 0 Å². The van der Waals surface area contributed by atoms with Crippen LogP contribution in [0.5, 0.6) is 0 Å². The van der Waals surface area contributed by atoms with Gasteiger partial charge in [-0.25, -0.2) is 4.98 Å². The lowest BCUT2D eigenvalue weighted by Crippen LogP contribution is -2.22. The molecular formula is C21H21N5O2. The first kappa shape index (κ1) is 19.2. The first-order chi connectivity index (χ1) is 13.5. The Labute approximate surface area is 162 Å². The van der Waals surface area contributed by atoms with Crippen LogP contribution >= 0.6 is 0 Å². The van der Waals surface area contributed by atoms with Gasteiger partial charge in [-0.05, 0) is 24.6 Å². The molecular weight excluding hydrogens is 354 g/mol. The maximum absolute atomic E-state index is 12.5. The number of carbonyl (C=O) groups excluding carboxylic acids is 2. The Morgan fingerprint density at radius 1 is 1.11 bits per heavy atom. The molecule has 3 aromatic rings. The zero-order valence-electron chi connectivity index (χ0n) is 15.5. The highest BCUT2D eigenvalue weighted by molar-refractivity contribution is 5.95. The van der Waals surface area contributed by atoms with Gasteiger partial charge in [0.2, 0.25) is 0 Å². The van der Waals surface area contributed by atoms with E-state index in [-0.39, 0.29) is 18.1 Å². The molecule has 2 aromatic carbocycles. The number of hydrogen-bond acceptors (Lipinski definition) is 5. The van der Waals surface area contributed by atoms with Gasteiger partial charge in [0, 0.05) is 24.2 Å². The van der Waals surface area contributed by atoms with Crippen molar-refractivity contribution < 1.29 is 9.59 Å². The van der Waals surface area contributed by atoms with Crippen molar-refractivity contribution >= 4 is 11.8 Å². The lowest BCUT2D eigenvalue weighted by atomic mass is 10.1. The number of nitrogens with zero attached hydrogens (tertiary/aromatic N) is 2. The van der Waals surface area contributed by atoms with E-state index in [0.29, 0.717) is 29.1 Å². The van der Waals surface area contributed by atoms with Crippen LogP contribution in [0.1, 0.15) is 37.7 Å². The van der Waals surface area contributed by atoms with E-state index in [9.17, 15) is 9.59 Å². The van der Waals surface area contributed by atoms with E-state index in [0.717, 1.165) is 5.56 Å². The summed E-state index contributed by atoms with van der Waals surface area (Å²) in [6.45, 7) is 2.51. The quantitative estimate of drug-likeness (QED) is 0.607. The lowest BCUT2D eigenvalue weighted by Gasteiger charge is -2.09. The van der Waals surface area contributed by atoms with Gasteiger partial charge >= 0.3 is 0 Å². The van der Waals surface area contributed by atoms with Crippen molar-refractivity contribution in [1.29, 1.82) is 0 Å². The molecule has 3 rings (SSSR count). The average molecular weight is 375 g/mol. The van der Waals surface area contributed by atoms with Gasteiger partial charge in [0.05, 0.1) is 17.6 Å². The van der Waals surface area contributed by atoms with E-state index in [1.807, 2.05) is 31.2 Å². The predicted octanol–water partition coefficient (Wildman–Crippen LogP) is 1.94. The van der Waals surface area contributed by atoms with Gasteiger partial charge in [0.25, 0.3) is 11.8 Å². The van der Waals surface area contributed by atoms with Gasteiger partial charge in [-0.3, -0.25) is 14.6 Å². The van der Waals surface area contributed by atoms with Crippen LogP contribution < -0.4 is 16.8 Å². The van der Waals surface area contributed by atoms with Crippen molar-refractivity contribution in [2.24, 2.45) is 11.5 Å². The van der Waals surface area contributed by atoms with Crippen LogP contribution in [-0.4, -0.2) is 21.8 Å². The van der Waals surface area contributed by atoms with Crippen molar-refractivity contribution in [2.45, 2.75) is 20.0 Å². The number of primary amides is 1. The molecule has 7 nitrogen and oxygen atoms in total. The minimum Gasteiger partial charge on any atom is -0.364 e. The molecule has 0 radical (unpaired) electrons. The number of benzene rings is 2. The molecule has 0 saturated carbocycles. The molecule has 1 heterocycles. The lowest BCUT2D eigenvalue weighted by molar-refractivity contribution is 0.0949. The first-order valence-electron chi connectivity index (χ1n) is 8.78. The molecule has 7 heteroatoms. The molecule has 0 unspecified atom stereocenters. The van der Waals surface area contributed by atoms with E-state index < -0.39 is 5.91 Å². The van der Waals surface area contributed by atoms with Gasteiger partial charge in [0.1, 0.15) is 0 Å². The summed E-state index contributed by atoms with van der Waals surface area (Å²) < 4.78 is 0. The maximum Gasteiger partial charge on any atom is 0.269 e. The topological polar surface area (TPSA) is 124 Å². The van der Waals surface area contributed by atoms with E-state index >= 15 is 0 Å². The predicted molar refractivity (Wildman–Crippen MR) is 106 cm³/mol. The number of amides is 2. The minimum absolute atomic E-state index is 0.0363. The Bertz CT molecular complexity index is 1020. The number of aryl methyl sites for hydroxylation is 1. The molecule has 0 atom stereocenters. The molecule has 0 aliphatic rings. The normalized spacial score (nSPS) is 10.5. The van der Waals surface area contributed by atoms with Gasteiger partial charge in [0.15, 0.2) is 5.69 Å². The Morgan fingerprint density at radius 3 is 2.54 bits per heavy atom. The molecule has 28 heavy (non-hydrogen) atoms. The highest BCUT2D eigenvalue weighted by Gasteiger charge is 2.14. The molecule has 2 amide bonds. The zero-order chi connectivity index (χ0) is 20.1. The van der Waals surface area contributed by atoms with Crippen molar-refractivity contribution in [3.8, 4) is 11.3 Å². The molecule has 0 aliphatic carbocycles. The highest BCUT2D eigenvalue weighted by atomic mass is 16.2. The number of nitrogens with one attached hydrogen (secondary N) is 1. The van der Waals surface area contributed by atoms with E-state index in [2.05, 4.69) is 15.3 Å². The van der Waals surface area contributed by atoms with Crippen LogP contribution in [-0.2, 0) is 13.1 Å². The summed E-state index contributed by atoms with van der Waals surface area (Å²) in [6, 6.07) is 14.9. The van der Waals surface area contributed by atoms with E-state index in [1.54, 1.807) is 24.3 Å². The van der Waals surface area contributed by atoms with Crippen molar-refractivity contribution in [2.75, 3.05) is 0 Å². The molecule has 142 valence electrons.